The average Bonchev–Trinajstić information content (AvgIpc) is 2.80. The number of likely N-dealkylation sites (tertiary alicyclic amines) is 1. The molecule has 2 heterocycles. The predicted octanol–water partition coefficient (Wildman–Crippen LogP) is 0.124. The second kappa shape index (κ2) is 5.57. The molecule has 0 aromatic carbocycles. The van der Waals surface area contributed by atoms with Crippen LogP contribution in [0.3, 0.4) is 0 Å². The Morgan fingerprint density at radius 1 is 1.24 bits per heavy atom. The van der Waals surface area contributed by atoms with Crippen LogP contribution in [0.5, 0.6) is 0 Å². The Hall–Kier alpha value is -1.15. The molecule has 0 aromatic heterocycles. The molecule has 0 saturated carbocycles. The third-order valence-electron chi connectivity index (χ3n) is 4.57. The minimum atomic E-state index is -3.31. The smallest absolute Gasteiger partial charge is 0.329 e. The fourth-order valence-corrected chi connectivity index (χ4v) is 4.12. The van der Waals surface area contributed by atoms with Gasteiger partial charge in [0, 0.05) is 19.6 Å². The van der Waals surface area contributed by atoms with E-state index in [2.05, 4.69) is 0 Å². The van der Waals surface area contributed by atoms with Crippen molar-refractivity contribution in [1.82, 2.24) is 9.21 Å². The number of carbonyl (C=O) groups excluding carboxylic acids is 1. The van der Waals surface area contributed by atoms with E-state index < -0.39 is 27.4 Å². The quantitative estimate of drug-likeness (QED) is 0.798. The van der Waals surface area contributed by atoms with E-state index in [0.717, 1.165) is 6.26 Å². The second-order valence-corrected chi connectivity index (χ2v) is 8.12. The third-order valence-corrected chi connectivity index (χ3v) is 5.84. The number of hydrogen-bond acceptors (Lipinski definition) is 4. The zero-order chi connectivity index (χ0) is 15.8. The summed E-state index contributed by atoms with van der Waals surface area (Å²) in [5, 5.41) is 9.37. The van der Waals surface area contributed by atoms with Crippen molar-refractivity contribution in [3.05, 3.63) is 0 Å². The molecule has 2 fully saturated rings. The number of amides is 1. The Bertz CT molecular complexity index is 547. The number of carboxylic acid groups (broad SMARTS) is 1. The predicted molar refractivity (Wildman–Crippen MR) is 76.1 cm³/mol. The highest BCUT2D eigenvalue weighted by Crippen LogP contribution is 2.32. The summed E-state index contributed by atoms with van der Waals surface area (Å²) in [4.78, 5) is 25.5. The highest BCUT2D eigenvalue weighted by molar-refractivity contribution is 7.88. The van der Waals surface area contributed by atoms with Crippen LogP contribution in [0.15, 0.2) is 0 Å². The molecule has 21 heavy (non-hydrogen) atoms. The summed E-state index contributed by atoms with van der Waals surface area (Å²) >= 11 is 0. The number of carbonyl (C=O) groups is 2. The zero-order valence-electron chi connectivity index (χ0n) is 12.4. The number of nitrogens with zero attached hydrogens (tertiary/aromatic N) is 2. The second-order valence-electron chi connectivity index (χ2n) is 6.13. The van der Waals surface area contributed by atoms with E-state index in [1.54, 1.807) is 6.92 Å². The van der Waals surface area contributed by atoms with Crippen LogP contribution in [0.4, 0.5) is 0 Å². The van der Waals surface area contributed by atoms with E-state index in [1.807, 2.05) is 0 Å². The SMILES string of the molecule is CC1(C(=O)O)CCCN1C(=O)C1CCCN(S(C)(=O)=O)C1. The Labute approximate surface area is 125 Å². The van der Waals surface area contributed by atoms with Crippen LogP contribution < -0.4 is 0 Å². The molecule has 0 bridgehead atoms. The largest absolute Gasteiger partial charge is 0.480 e. The first kappa shape index (κ1) is 16.2. The lowest BCUT2D eigenvalue weighted by atomic mass is 9.94. The molecule has 0 spiro atoms. The topological polar surface area (TPSA) is 95.0 Å². The summed E-state index contributed by atoms with van der Waals surface area (Å²) in [5.74, 6) is -1.67. The van der Waals surface area contributed by atoms with Crippen molar-refractivity contribution < 1.29 is 23.1 Å². The molecule has 0 aliphatic carbocycles. The summed E-state index contributed by atoms with van der Waals surface area (Å²) in [5.41, 5.74) is -1.16. The van der Waals surface area contributed by atoms with Crippen LogP contribution in [-0.2, 0) is 19.6 Å². The highest BCUT2D eigenvalue weighted by Gasteiger charge is 2.48. The van der Waals surface area contributed by atoms with Crippen molar-refractivity contribution in [2.45, 2.75) is 38.1 Å². The van der Waals surface area contributed by atoms with Crippen molar-refractivity contribution in [3.8, 4) is 0 Å². The van der Waals surface area contributed by atoms with Gasteiger partial charge < -0.3 is 10.0 Å². The van der Waals surface area contributed by atoms with Crippen molar-refractivity contribution in [2.24, 2.45) is 5.92 Å². The normalized spacial score (nSPS) is 31.3. The molecule has 0 radical (unpaired) electrons. The molecule has 7 nitrogen and oxygen atoms in total. The number of sulfonamides is 1. The van der Waals surface area contributed by atoms with E-state index in [-0.39, 0.29) is 12.5 Å². The van der Waals surface area contributed by atoms with Gasteiger partial charge in [0.1, 0.15) is 5.54 Å². The first-order valence-corrected chi connectivity index (χ1v) is 9.01. The highest BCUT2D eigenvalue weighted by atomic mass is 32.2. The average molecular weight is 318 g/mol. The molecule has 2 saturated heterocycles. The van der Waals surface area contributed by atoms with Gasteiger partial charge in [0.05, 0.1) is 12.2 Å². The number of piperidine rings is 1. The fourth-order valence-electron chi connectivity index (χ4n) is 3.20. The van der Waals surface area contributed by atoms with Crippen LogP contribution in [0.1, 0.15) is 32.6 Å². The maximum absolute atomic E-state index is 12.6. The summed E-state index contributed by atoms with van der Waals surface area (Å²) in [6, 6.07) is 0. The summed E-state index contributed by atoms with van der Waals surface area (Å²) in [7, 11) is -3.31. The molecule has 1 amide bonds. The zero-order valence-corrected chi connectivity index (χ0v) is 13.2. The lowest BCUT2D eigenvalue weighted by molar-refractivity contribution is -0.157. The van der Waals surface area contributed by atoms with E-state index in [9.17, 15) is 23.1 Å². The van der Waals surface area contributed by atoms with Crippen molar-refractivity contribution in [2.75, 3.05) is 25.9 Å². The van der Waals surface area contributed by atoms with Crippen molar-refractivity contribution in [3.63, 3.8) is 0 Å². The van der Waals surface area contributed by atoms with Crippen LogP contribution in [-0.4, -0.2) is 66.0 Å². The summed E-state index contributed by atoms with van der Waals surface area (Å²) < 4.78 is 24.5. The van der Waals surface area contributed by atoms with Gasteiger partial charge in [-0.3, -0.25) is 4.79 Å². The first-order chi connectivity index (χ1) is 9.66. The summed E-state index contributed by atoms with van der Waals surface area (Å²) in [6.45, 7) is 2.58. The number of carboxylic acids is 1. The monoisotopic (exact) mass is 318 g/mol. The summed E-state index contributed by atoms with van der Waals surface area (Å²) in [6.07, 6.45) is 3.48. The van der Waals surface area contributed by atoms with Gasteiger partial charge in [0.15, 0.2) is 0 Å². The third kappa shape index (κ3) is 3.06. The van der Waals surface area contributed by atoms with E-state index in [4.69, 9.17) is 0 Å². The van der Waals surface area contributed by atoms with Crippen LogP contribution in [0.25, 0.3) is 0 Å². The Morgan fingerprint density at radius 3 is 2.48 bits per heavy atom. The van der Waals surface area contributed by atoms with Gasteiger partial charge in [-0.15, -0.1) is 0 Å². The van der Waals surface area contributed by atoms with Gasteiger partial charge in [0.25, 0.3) is 0 Å². The Balaban J connectivity index is 2.15. The van der Waals surface area contributed by atoms with E-state index in [0.29, 0.717) is 38.8 Å². The Morgan fingerprint density at radius 2 is 1.90 bits per heavy atom. The molecule has 1 N–H and O–H groups in total. The van der Waals surface area contributed by atoms with Gasteiger partial charge in [0.2, 0.25) is 15.9 Å². The number of rotatable bonds is 3. The maximum Gasteiger partial charge on any atom is 0.329 e. The van der Waals surface area contributed by atoms with Gasteiger partial charge in [-0.2, -0.15) is 0 Å². The van der Waals surface area contributed by atoms with Crippen molar-refractivity contribution in [1.29, 1.82) is 0 Å². The van der Waals surface area contributed by atoms with E-state index in [1.165, 1.54) is 9.21 Å². The fraction of sp³-hybridized carbons (Fsp3) is 0.846. The lowest BCUT2D eigenvalue weighted by Crippen LogP contribution is -2.55. The lowest BCUT2D eigenvalue weighted by Gasteiger charge is -2.37. The molecule has 2 atom stereocenters. The molecule has 0 aromatic rings. The van der Waals surface area contributed by atoms with Crippen LogP contribution in [0.2, 0.25) is 0 Å². The van der Waals surface area contributed by atoms with E-state index >= 15 is 0 Å². The van der Waals surface area contributed by atoms with Crippen molar-refractivity contribution >= 4 is 21.9 Å². The first-order valence-electron chi connectivity index (χ1n) is 7.16. The Kier molecular flexibility index (Phi) is 4.30. The van der Waals surface area contributed by atoms with Crippen LogP contribution >= 0.6 is 0 Å². The number of hydrogen-bond donors (Lipinski definition) is 1. The minimum absolute atomic E-state index is 0.157. The van der Waals surface area contributed by atoms with Gasteiger partial charge in [-0.1, -0.05) is 0 Å². The molecular formula is C13H22N2O5S. The molecular weight excluding hydrogens is 296 g/mol. The molecule has 2 aliphatic heterocycles. The molecule has 8 heteroatoms. The molecule has 2 rings (SSSR count). The van der Waals surface area contributed by atoms with Gasteiger partial charge >= 0.3 is 5.97 Å². The van der Waals surface area contributed by atoms with Crippen LogP contribution in [0, 0.1) is 5.92 Å². The molecule has 120 valence electrons. The molecule has 2 aliphatic rings. The van der Waals surface area contributed by atoms with Gasteiger partial charge in [-0.25, -0.2) is 17.5 Å². The van der Waals surface area contributed by atoms with Gasteiger partial charge in [-0.05, 0) is 32.6 Å². The number of aliphatic carboxylic acids is 1. The maximum atomic E-state index is 12.6. The standard InChI is InChI=1S/C13H22N2O5S/c1-13(12(17)18)6-4-8-15(13)11(16)10-5-3-7-14(9-10)21(2,19)20/h10H,3-9H2,1-2H3,(H,17,18). The minimum Gasteiger partial charge on any atom is -0.480 e. The molecule has 2 unspecified atom stereocenters.